The van der Waals surface area contributed by atoms with E-state index in [2.05, 4.69) is 10.5 Å². The number of nitrogens with zero attached hydrogens (tertiary/aromatic N) is 2. The third kappa shape index (κ3) is 4.99. The molecule has 0 atom stereocenters. The van der Waals surface area contributed by atoms with Crippen molar-refractivity contribution in [1.82, 2.24) is 5.16 Å². The van der Waals surface area contributed by atoms with Crippen molar-refractivity contribution in [2.75, 3.05) is 23.0 Å². The summed E-state index contributed by atoms with van der Waals surface area (Å²) in [6.07, 6.45) is 0. The zero-order valence-electron chi connectivity index (χ0n) is 15.0. The molecule has 2 aromatic heterocycles. The van der Waals surface area contributed by atoms with Gasteiger partial charge in [-0.1, -0.05) is 23.4 Å². The number of hydrogen-bond acceptors (Lipinski definition) is 6. The zero-order valence-corrected chi connectivity index (χ0v) is 16.6. The number of benzene rings is 1. The lowest BCUT2D eigenvalue weighted by Gasteiger charge is -2.19. The number of rotatable bonds is 7. The van der Waals surface area contributed by atoms with E-state index in [4.69, 9.17) is 4.52 Å². The van der Waals surface area contributed by atoms with Crippen LogP contribution in [-0.4, -0.2) is 29.8 Å². The minimum Gasteiger partial charge on any atom is -0.355 e. The molecule has 0 spiro atoms. The van der Waals surface area contributed by atoms with Gasteiger partial charge >= 0.3 is 0 Å². The molecule has 140 valence electrons. The molecule has 1 aromatic carbocycles. The van der Waals surface area contributed by atoms with Crippen LogP contribution in [0.3, 0.4) is 0 Å². The lowest BCUT2D eigenvalue weighted by molar-refractivity contribution is -0.116. The van der Waals surface area contributed by atoms with Crippen LogP contribution in [0.5, 0.6) is 0 Å². The minimum atomic E-state index is -0.133. The number of carbonyl (C=O) groups is 2. The number of aromatic nitrogens is 1. The second-order valence-corrected chi connectivity index (χ2v) is 7.73. The van der Waals surface area contributed by atoms with Crippen molar-refractivity contribution in [3.8, 4) is 10.6 Å². The lowest BCUT2D eigenvalue weighted by atomic mass is 10.2. The number of anilines is 2. The van der Waals surface area contributed by atoms with Crippen molar-refractivity contribution in [1.29, 1.82) is 0 Å². The average molecular weight is 402 g/mol. The molecular weight excluding hydrogens is 382 g/mol. The topological polar surface area (TPSA) is 75.4 Å². The molecule has 0 aliphatic rings. The monoisotopic (exact) mass is 401 g/mol. The third-order valence-corrected chi connectivity index (χ3v) is 5.67. The lowest BCUT2D eigenvalue weighted by Crippen LogP contribution is -2.25. The Morgan fingerprint density at radius 3 is 2.81 bits per heavy atom. The van der Waals surface area contributed by atoms with Crippen LogP contribution in [0.2, 0.25) is 0 Å². The second kappa shape index (κ2) is 8.88. The number of thiophene rings is 1. The van der Waals surface area contributed by atoms with Gasteiger partial charge in [-0.25, -0.2) is 0 Å². The summed E-state index contributed by atoms with van der Waals surface area (Å²) in [7, 11) is 1.68. The van der Waals surface area contributed by atoms with Crippen LogP contribution in [0.15, 0.2) is 52.4 Å². The van der Waals surface area contributed by atoms with Gasteiger partial charge in [-0.2, -0.15) is 0 Å². The number of nitrogens with one attached hydrogen (secondary N) is 1. The van der Waals surface area contributed by atoms with Gasteiger partial charge < -0.3 is 14.7 Å². The maximum Gasteiger partial charge on any atom is 0.234 e. The summed E-state index contributed by atoms with van der Waals surface area (Å²) in [5.74, 6) is 1.37. The highest BCUT2D eigenvalue weighted by Crippen LogP contribution is 2.27. The van der Waals surface area contributed by atoms with Crippen LogP contribution in [0.25, 0.3) is 10.6 Å². The van der Waals surface area contributed by atoms with Gasteiger partial charge in [0, 0.05) is 25.8 Å². The summed E-state index contributed by atoms with van der Waals surface area (Å²) in [6.45, 7) is 1.48. The zero-order chi connectivity index (χ0) is 19.2. The number of amides is 2. The molecule has 0 saturated carbocycles. The molecular formula is C19H19N3O3S2. The Bertz CT molecular complexity index is 922. The SMILES string of the molecule is CC(=O)N(C)c1ccccc1NC(=O)CSCc1cc(-c2cccs2)on1. The van der Waals surface area contributed by atoms with E-state index in [0.29, 0.717) is 17.1 Å². The third-order valence-electron chi connectivity index (χ3n) is 3.82. The predicted molar refractivity (Wildman–Crippen MR) is 110 cm³/mol. The van der Waals surface area contributed by atoms with E-state index in [0.717, 1.165) is 16.3 Å². The fourth-order valence-electron chi connectivity index (χ4n) is 2.39. The number of hydrogen-bond donors (Lipinski definition) is 1. The van der Waals surface area contributed by atoms with E-state index in [1.165, 1.54) is 23.6 Å². The maximum atomic E-state index is 12.3. The summed E-state index contributed by atoms with van der Waals surface area (Å²) in [4.78, 5) is 26.4. The Labute approximate surface area is 165 Å². The van der Waals surface area contributed by atoms with Crippen LogP contribution in [0, 0.1) is 0 Å². The summed E-state index contributed by atoms with van der Waals surface area (Å²) in [5.41, 5.74) is 2.08. The number of thioether (sulfide) groups is 1. The van der Waals surface area contributed by atoms with E-state index < -0.39 is 0 Å². The quantitative estimate of drug-likeness (QED) is 0.640. The molecule has 0 bridgehead atoms. The Hall–Kier alpha value is -2.58. The van der Waals surface area contributed by atoms with Crippen molar-refractivity contribution in [3.63, 3.8) is 0 Å². The fraction of sp³-hybridized carbons (Fsp3) is 0.211. The van der Waals surface area contributed by atoms with E-state index >= 15 is 0 Å². The van der Waals surface area contributed by atoms with Crippen LogP contribution in [0.4, 0.5) is 11.4 Å². The Kier molecular flexibility index (Phi) is 6.31. The van der Waals surface area contributed by atoms with Crippen LogP contribution >= 0.6 is 23.1 Å². The highest BCUT2D eigenvalue weighted by molar-refractivity contribution is 7.99. The number of carbonyl (C=O) groups excluding carboxylic acids is 2. The maximum absolute atomic E-state index is 12.3. The van der Waals surface area contributed by atoms with Gasteiger partial charge in [0.2, 0.25) is 11.8 Å². The minimum absolute atomic E-state index is 0.0985. The number of para-hydroxylation sites is 2. The van der Waals surface area contributed by atoms with Gasteiger partial charge in [-0.15, -0.1) is 23.1 Å². The van der Waals surface area contributed by atoms with E-state index in [1.54, 1.807) is 30.5 Å². The Morgan fingerprint density at radius 1 is 1.26 bits per heavy atom. The molecule has 0 aliphatic carbocycles. The van der Waals surface area contributed by atoms with Gasteiger partial charge in [-0.3, -0.25) is 9.59 Å². The molecule has 1 N–H and O–H groups in total. The summed E-state index contributed by atoms with van der Waals surface area (Å²) >= 11 is 3.05. The smallest absolute Gasteiger partial charge is 0.234 e. The van der Waals surface area contributed by atoms with Crippen LogP contribution in [-0.2, 0) is 15.3 Å². The first-order valence-corrected chi connectivity index (χ1v) is 10.3. The van der Waals surface area contributed by atoms with Gasteiger partial charge in [0.1, 0.15) is 0 Å². The molecule has 0 saturated heterocycles. The summed E-state index contributed by atoms with van der Waals surface area (Å²) < 4.78 is 5.34. The van der Waals surface area contributed by atoms with E-state index in [1.807, 2.05) is 35.7 Å². The fourth-order valence-corrected chi connectivity index (χ4v) is 3.77. The Morgan fingerprint density at radius 2 is 2.07 bits per heavy atom. The Balaban J connectivity index is 1.53. The highest BCUT2D eigenvalue weighted by atomic mass is 32.2. The normalized spacial score (nSPS) is 10.6. The van der Waals surface area contributed by atoms with Crippen LogP contribution < -0.4 is 10.2 Å². The first-order chi connectivity index (χ1) is 13.0. The van der Waals surface area contributed by atoms with Gasteiger partial charge in [-0.05, 0) is 23.6 Å². The molecule has 2 heterocycles. The standard InChI is InChI=1S/C19H19N3O3S2/c1-13(23)22(2)16-7-4-3-6-15(16)20-19(24)12-26-11-14-10-17(25-21-14)18-8-5-9-27-18/h3-10H,11-12H2,1-2H3,(H,20,24). The molecule has 0 radical (unpaired) electrons. The van der Waals surface area contributed by atoms with Crippen molar-refractivity contribution in [2.45, 2.75) is 12.7 Å². The molecule has 0 aliphatic heterocycles. The van der Waals surface area contributed by atoms with Crippen molar-refractivity contribution < 1.29 is 14.1 Å². The first kappa shape index (κ1) is 19.2. The average Bonchev–Trinajstić information content (AvgIpc) is 3.33. The molecule has 3 aromatic rings. The van der Waals surface area contributed by atoms with E-state index in [9.17, 15) is 9.59 Å². The highest BCUT2D eigenvalue weighted by Gasteiger charge is 2.13. The molecule has 8 heteroatoms. The van der Waals surface area contributed by atoms with Gasteiger partial charge in [0.25, 0.3) is 0 Å². The van der Waals surface area contributed by atoms with Crippen LogP contribution in [0.1, 0.15) is 12.6 Å². The van der Waals surface area contributed by atoms with Gasteiger partial charge in [0.05, 0.1) is 27.7 Å². The summed E-state index contributed by atoms with van der Waals surface area (Å²) in [6, 6.07) is 13.1. The van der Waals surface area contributed by atoms with Crippen molar-refractivity contribution in [3.05, 3.63) is 53.5 Å². The molecule has 6 nitrogen and oxygen atoms in total. The molecule has 0 unspecified atom stereocenters. The second-order valence-electron chi connectivity index (χ2n) is 5.80. The molecule has 2 amide bonds. The van der Waals surface area contributed by atoms with Crippen molar-refractivity contribution >= 4 is 46.3 Å². The first-order valence-electron chi connectivity index (χ1n) is 8.25. The van der Waals surface area contributed by atoms with Gasteiger partial charge in [0.15, 0.2) is 5.76 Å². The van der Waals surface area contributed by atoms with E-state index in [-0.39, 0.29) is 17.6 Å². The largest absolute Gasteiger partial charge is 0.355 e. The molecule has 3 rings (SSSR count). The predicted octanol–water partition coefficient (Wildman–Crippen LogP) is 4.26. The molecule has 27 heavy (non-hydrogen) atoms. The van der Waals surface area contributed by atoms with Crippen molar-refractivity contribution in [2.24, 2.45) is 0 Å². The summed E-state index contributed by atoms with van der Waals surface area (Å²) in [5, 5.41) is 8.89. The molecule has 0 fully saturated rings.